The van der Waals surface area contributed by atoms with E-state index in [0.717, 1.165) is 70.6 Å². The van der Waals surface area contributed by atoms with E-state index in [1.807, 2.05) is 0 Å². The van der Waals surface area contributed by atoms with E-state index < -0.39 is 11.9 Å². The summed E-state index contributed by atoms with van der Waals surface area (Å²) in [7, 11) is 0. The van der Waals surface area contributed by atoms with Crippen LogP contribution in [0.1, 0.15) is 386 Å². The van der Waals surface area contributed by atoms with Crippen LogP contribution >= 0.6 is 0 Å². The topological polar surface area (TPSA) is 127 Å². The maximum absolute atomic E-state index is 11.9. The minimum Gasteiger partial charge on any atom is -0.481 e. The first-order valence-electron chi connectivity index (χ1n) is 33.1. The van der Waals surface area contributed by atoms with E-state index in [0.29, 0.717) is 38.9 Å². The Kier molecular flexibility index (Phi) is 66.9. The quantitative estimate of drug-likeness (QED) is 0.0455. The lowest BCUT2D eigenvalue weighted by molar-refractivity contribution is -0.144. The first kappa shape index (κ1) is 74.0. The normalized spacial score (nSPS) is 11.2. The lowest BCUT2D eigenvalue weighted by Crippen LogP contribution is -2.05. The largest absolute Gasteiger partial charge is 0.481 e. The van der Waals surface area contributed by atoms with E-state index >= 15 is 0 Å². The summed E-state index contributed by atoms with van der Waals surface area (Å²) in [6, 6.07) is 0. The van der Waals surface area contributed by atoms with Gasteiger partial charge in [0.25, 0.3) is 0 Å². The first-order chi connectivity index (χ1) is 36.3. The highest BCUT2D eigenvalue weighted by atomic mass is 16.5. The van der Waals surface area contributed by atoms with Gasteiger partial charge in [-0.3, -0.25) is 19.2 Å². The molecule has 0 radical (unpaired) electrons. The molecule has 440 valence electrons. The summed E-state index contributed by atoms with van der Waals surface area (Å²) in [4.78, 5) is 44.6. The molecule has 0 aromatic carbocycles. The Morgan fingerprint density at radius 3 is 0.541 bits per heavy atom. The molecule has 0 aliphatic rings. The smallest absolute Gasteiger partial charge is 0.305 e. The lowest BCUT2D eigenvalue weighted by Gasteiger charge is -2.06. The third kappa shape index (κ3) is 72.0. The molecule has 0 atom stereocenters. The Morgan fingerprint density at radius 2 is 0.365 bits per heavy atom. The fourth-order valence-corrected chi connectivity index (χ4v) is 10.1. The number of rotatable bonds is 62. The van der Waals surface area contributed by atoms with Gasteiger partial charge in [-0.25, -0.2) is 0 Å². The average molecular weight is 1050 g/mol. The second-order valence-corrected chi connectivity index (χ2v) is 22.6. The van der Waals surface area contributed by atoms with E-state index in [1.165, 1.54) is 276 Å². The highest BCUT2D eigenvalue weighted by Gasteiger charge is 2.05. The van der Waals surface area contributed by atoms with Crippen LogP contribution in [0.25, 0.3) is 0 Å². The van der Waals surface area contributed by atoms with Crippen molar-refractivity contribution in [3.05, 3.63) is 0 Å². The van der Waals surface area contributed by atoms with E-state index in [2.05, 4.69) is 13.8 Å². The Labute approximate surface area is 460 Å². The van der Waals surface area contributed by atoms with E-state index in [4.69, 9.17) is 19.7 Å². The van der Waals surface area contributed by atoms with Gasteiger partial charge in [-0.15, -0.1) is 0 Å². The van der Waals surface area contributed by atoms with Crippen LogP contribution < -0.4 is 0 Å². The molecule has 0 heterocycles. The van der Waals surface area contributed by atoms with Crippen LogP contribution in [0.3, 0.4) is 0 Å². The summed E-state index contributed by atoms with van der Waals surface area (Å²) in [5.74, 6) is -1.35. The number of esters is 2. The molecule has 0 spiro atoms. The predicted molar refractivity (Wildman–Crippen MR) is 316 cm³/mol. The molecule has 0 bridgehead atoms. The molecule has 0 aromatic rings. The van der Waals surface area contributed by atoms with Gasteiger partial charge in [0, 0.05) is 25.7 Å². The van der Waals surface area contributed by atoms with Crippen LogP contribution in [-0.2, 0) is 28.7 Å². The molecule has 0 amide bonds. The van der Waals surface area contributed by atoms with E-state index in [9.17, 15) is 19.2 Å². The highest BCUT2D eigenvalue weighted by molar-refractivity contribution is 5.69. The predicted octanol–water partition coefficient (Wildman–Crippen LogP) is 21.9. The number of carboxylic acids is 2. The molecular weight excluding hydrogens is 921 g/mol. The maximum atomic E-state index is 11.9. The molecule has 0 rings (SSSR count). The van der Waals surface area contributed by atoms with E-state index in [-0.39, 0.29) is 11.9 Å². The number of aliphatic carboxylic acids is 2. The average Bonchev–Trinajstić information content (AvgIpc) is 3.38. The van der Waals surface area contributed by atoms with Crippen molar-refractivity contribution >= 4 is 23.9 Å². The fourth-order valence-electron chi connectivity index (χ4n) is 10.1. The number of hydrogen-bond donors (Lipinski definition) is 2. The minimum atomic E-state index is -0.685. The summed E-state index contributed by atoms with van der Waals surface area (Å²) in [6.07, 6.45) is 70.6. The number of ether oxygens (including phenoxy) is 2. The molecule has 0 fully saturated rings. The van der Waals surface area contributed by atoms with Gasteiger partial charge in [0.15, 0.2) is 0 Å². The highest BCUT2D eigenvalue weighted by Crippen LogP contribution is 2.18. The monoisotopic (exact) mass is 1050 g/mol. The molecule has 0 aromatic heterocycles. The van der Waals surface area contributed by atoms with Crippen LogP contribution in [0.2, 0.25) is 0 Å². The summed E-state index contributed by atoms with van der Waals surface area (Å²) in [6.45, 7) is 5.74. The molecule has 74 heavy (non-hydrogen) atoms. The van der Waals surface area contributed by atoms with Crippen molar-refractivity contribution in [1.29, 1.82) is 0 Å². The van der Waals surface area contributed by atoms with Crippen molar-refractivity contribution in [1.82, 2.24) is 0 Å². The Balaban J connectivity index is 0. The lowest BCUT2D eigenvalue weighted by atomic mass is 10.0. The summed E-state index contributed by atoms with van der Waals surface area (Å²) >= 11 is 0. The standard InChI is InChI=1S/C36H70O4.C30H58O4/c1-2-3-4-5-6-7-8-14-18-21-24-27-30-33-36(39)40-34-31-28-25-22-19-16-13-11-9-10-12-15-17-20-23-26-29-32-35(37)38;1-2-3-4-5-6-7-8-9-10-11-12-15-18-21-24-27-30(33)34-28-25-22-19-16-13-14-17-20-23-26-29(31)32/h2-34H2,1H3,(H,37,38);2-28H2,1H3,(H,31,32). The summed E-state index contributed by atoms with van der Waals surface area (Å²) in [5, 5.41) is 17.2. The zero-order valence-corrected chi connectivity index (χ0v) is 49.8. The zero-order chi connectivity index (χ0) is 54.2. The van der Waals surface area contributed by atoms with Gasteiger partial charge in [0.2, 0.25) is 0 Å². The van der Waals surface area contributed by atoms with E-state index in [1.54, 1.807) is 0 Å². The second-order valence-electron chi connectivity index (χ2n) is 22.6. The van der Waals surface area contributed by atoms with Gasteiger partial charge in [-0.05, 0) is 38.5 Å². The maximum Gasteiger partial charge on any atom is 0.305 e. The molecule has 8 heteroatoms. The van der Waals surface area contributed by atoms with Crippen LogP contribution in [0, 0.1) is 0 Å². The van der Waals surface area contributed by atoms with Gasteiger partial charge < -0.3 is 19.7 Å². The van der Waals surface area contributed by atoms with Gasteiger partial charge in [-0.1, -0.05) is 322 Å². The molecule has 0 aliphatic carbocycles. The van der Waals surface area contributed by atoms with Gasteiger partial charge >= 0.3 is 23.9 Å². The second kappa shape index (κ2) is 67.0. The molecule has 0 saturated carbocycles. The van der Waals surface area contributed by atoms with Gasteiger partial charge in [0.05, 0.1) is 13.2 Å². The van der Waals surface area contributed by atoms with Crippen molar-refractivity contribution in [3.63, 3.8) is 0 Å². The SMILES string of the molecule is CCCCCCCCCCCCCCCC(=O)OCCCCCCCCCCCCCCCCCCCC(=O)O.CCCCCCCCCCCCCCCCCC(=O)OCCCCCCCCCCCC(=O)O. The zero-order valence-electron chi connectivity index (χ0n) is 49.8. The van der Waals surface area contributed by atoms with Crippen LogP contribution in [0.5, 0.6) is 0 Å². The molecule has 0 unspecified atom stereocenters. The Bertz CT molecular complexity index is 1130. The molecule has 0 saturated heterocycles. The third-order valence-corrected chi connectivity index (χ3v) is 15.1. The van der Waals surface area contributed by atoms with Crippen molar-refractivity contribution < 1.29 is 38.9 Å². The Morgan fingerprint density at radius 1 is 0.216 bits per heavy atom. The minimum absolute atomic E-state index is 0.0102. The first-order valence-corrected chi connectivity index (χ1v) is 33.1. The van der Waals surface area contributed by atoms with Gasteiger partial charge in [0.1, 0.15) is 0 Å². The van der Waals surface area contributed by atoms with Crippen molar-refractivity contribution in [2.45, 2.75) is 386 Å². The van der Waals surface area contributed by atoms with Gasteiger partial charge in [-0.2, -0.15) is 0 Å². The van der Waals surface area contributed by atoms with Crippen molar-refractivity contribution in [3.8, 4) is 0 Å². The number of carboxylic acid groups (broad SMARTS) is 2. The molecule has 2 N–H and O–H groups in total. The number of carbonyl (C=O) groups is 4. The Hall–Kier alpha value is -2.12. The summed E-state index contributed by atoms with van der Waals surface area (Å²) < 4.78 is 10.8. The number of unbranched alkanes of at least 4 members (excludes halogenated alkanes) is 50. The number of carbonyl (C=O) groups excluding carboxylic acids is 2. The molecule has 8 nitrogen and oxygen atoms in total. The summed E-state index contributed by atoms with van der Waals surface area (Å²) in [5.41, 5.74) is 0. The van der Waals surface area contributed by atoms with Crippen LogP contribution in [-0.4, -0.2) is 47.3 Å². The van der Waals surface area contributed by atoms with Crippen LogP contribution in [0.4, 0.5) is 0 Å². The third-order valence-electron chi connectivity index (χ3n) is 15.1. The van der Waals surface area contributed by atoms with Crippen molar-refractivity contribution in [2.24, 2.45) is 0 Å². The van der Waals surface area contributed by atoms with Crippen LogP contribution in [0.15, 0.2) is 0 Å². The fraction of sp³-hybridized carbons (Fsp3) is 0.939. The van der Waals surface area contributed by atoms with Crippen molar-refractivity contribution in [2.75, 3.05) is 13.2 Å². The molecular formula is C66H128O8. The molecule has 0 aliphatic heterocycles. The number of hydrogen-bond acceptors (Lipinski definition) is 6.